The molecular weight excluding hydrogens is 236 g/mol. The molecule has 1 aromatic heterocycles. The summed E-state index contributed by atoms with van der Waals surface area (Å²) in [4.78, 5) is 25.5. The number of amides is 2. The van der Waals surface area contributed by atoms with Crippen molar-refractivity contribution in [2.24, 2.45) is 0 Å². The Morgan fingerprint density at radius 3 is 2.67 bits per heavy atom. The summed E-state index contributed by atoms with van der Waals surface area (Å²) < 4.78 is 5.19. The van der Waals surface area contributed by atoms with Crippen molar-refractivity contribution in [2.45, 2.75) is 19.9 Å². The van der Waals surface area contributed by atoms with Gasteiger partial charge in [0.1, 0.15) is 5.76 Å². The van der Waals surface area contributed by atoms with Crippen molar-refractivity contribution in [2.75, 3.05) is 20.1 Å². The number of carbonyl (C=O) groups excluding carboxylic acids is 1. The van der Waals surface area contributed by atoms with Crippen molar-refractivity contribution < 1.29 is 19.1 Å². The quantitative estimate of drug-likeness (QED) is 0.837. The maximum Gasteiger partial charge on any atom is 0.320 e. The zero-order valence-corrected chi connectivity index (χ0v) is 10.6. The van der Waals surface area contributed by atoms with Gasteiger partial charge in [0.05, 0.1) is 19.2 Å². The summed E-state index contributed by atoms with van der Waals surface area (Å²) in [5, 5.41) is 8.58. The molecule has 0 aliphatic carbocycles. The normalized spacial score (nSPS) is 10.1. The fraction of sp³-hybridized carbons (Fsp3) is 0.500. The van der Waals surface area contributed by atoms with E-state index in [1.807, 2.05) is 6.92 Å². The van der Waals surface area contributed by atoms with Gasteiger partial charge in [-0.1, -0.05) is 0 Å². The second-order valence-electron chi connectivity index (χ2n) is 3.94. The molecule has 0 unspecified atom stereocenters. The molecule has 2 amide bonds. The summed E-state index contributed by atoms with van der Waals surface area (Å²) >= 11 is 0. The van der Waals surface area contributed by atoms with Gasteiger partial charge in [0.25, 0.3) is 0 Å². The highest BCUT2D eigenvalue weighted by Crippen LogP contribution is 2.07. The van der Waals surface area contributed by atoms with Gasteiger partial charge in [-0.2, -0.15) is 0 Å². The van der Waals surface area contributed by atoms with Gasteiger partial charge in [0, 0.05) is 20.1 Å². The molecule has 0 aliphatic heterocycles. The van der Waals surface area contributed by atoms with Gasteiger partial charge in [-0.3, -0.25) is 4.79 Å². The number of carboxylic acids is 1. The monoisotopic (exact) mass is 254 g/mol. The second kappa shape index (κ2) is 6.68. The molecule has 0 aromatic carbocycles. The van der Waals surface area contributed by atoms with Crippen molar-refractivity contribution in [1.82, 2.24) is 9.80 Å². The third-order valence-electron chi connectivity index (χ3n) is 2.57. The smallest absolute Gasteiger partial charge is 0.320 e. The Balaban J connectivity index is 2.53. The number of rotatable bonds is 6. The molecule has 18 heavy (non-hydrogen) atoms. The molecule has 0 bridgehead atoms. The minimum Gasteiger partial charge on any atom is -0.481 e. The third-order valence-corrected chi connectivity index (χ3v) is 2.57. The summed E-state index contributed by atoms with van der Waals surface area (Å²) in [5.41, 5.74) is 0. The first-order valence-corrected chi connectivity index (χ1v) is 5.78. The first-order valence-electron chi connectivity index (χ1n) is 5.78. The van der Waals surface area contributed by atoms with E-state index in [-0.39, 0.29) is 19.0 Å². The Morgan fingerprint density at radius 1 is 1.44 bits per heavy atom. The van der Waals surface area contributed by atoms with Crippen molar-refractivity contribution in [3.8, 4) is 0 Å². The van der Waals surface area contributed by atoms with Crippen LogP contribution in [0.3, 0.4) is 0 Å². The highest BCUT2D eigenvalue weighted by molar-refractivity contribution is 5.75. The predicted octanol–water partition coefficient (Wildman–Crippen LogP) is 1.63. The van der Waals surface area contributed by atoms with Crippen LogP contribution in [0.2, 0.25) is 0 Å². The average Bonchev–Trinajstić information content (AvgIpc) is 2.84. The first-order chi connectivity index (χ1) is 8.54. The molecule has 1 heterocycles. The van der Waals surface area contributed by atoms with Crippen LogP contribution in [-0.2, 0) is 11.3 Å². The largest absolute Gasteiger partial charge is 0.481 e. The van der Waals surface area contributed by atoms with Gasteiger partial charge in [-0.15, -0.1) is 0 Å². The van der Waals surface area contributed by atoms with Crippen molar-refractivity contribution >= 4 is 12.0 Å². The molecule has 6 nitrogen and oxygen atoms in total. The van der Waals surface area contributed by atoms with E-state index >= 15 is 0 Å². The molecule has 0 fully saturated rings. The Hall–Kier alpha value is -1.98. The van der Waals surface area contributed by atoms with Crippen LogP contribution in [0.4, 0.5) is 4.79 Å². The molecule has 0 atom stereocenters. The van der Waals surface area contributed by atoms with Crippen LogP contribution in [0, 0.1) is 0 Å². The van der Waals surface area contributed by atoms with Crippen LogP contribution in [-0.4, -0.2) is 47.0 Å². The number of nitrogens with zero attached hydrogens (tertiary/aromatic N) is 2. The number of urea groups is 1. The van der Waals surface area contributed by atoms with E-state index in [1.54, 1.807) is 30.3 Å². The lowest BCUT2D eigenvalue weighted by Crippen LogP contribution is -2.41. The van der Waals surface area contributed by atoms with Gasteiger partial charge in [0.2, 0.25) is 0 Å². The number of furan rings is 1. The molecule has 1 N–H and O–H groups in total. The number of aliphatic carboxylic acids is 1. The number of carboxylic acid groups (broad SMARTS) is 1. The molecule has 0 spiro atoms. The minimum absolute atomic E-state index is 0.0550. The van der Waals surface area contributed by atoms with E-state index in [9.17, 15) is 9.59 Å². The van der Waals surface area contributed by atoms with Gasteiger partial charge in [-0.25, -0.2) is 4.79 Å². The molecule has 0 radical (unpaired) electrons. The van der Waals surface area contributed by atoms with Crippen molar-refractivity contribution in [1.29, 1.82) is 0 Å². The SMILES string of the molecule is CCN(Cc1ccco1)C(=O)N(C)CCC(=O)O. The van der Waals surface area contributed by atoms with Gasteiger partial charge in [-0.05, 0) is 19.1 Å². The maximum atomic E-state index is 12.0. The molecule has 0 saturated carbocycles. The van der Waals surface area contributed by atoms with E-state index in [0.29, 0.717) is 18.8 Å². The molecule has 0 saturated heterocycles. The fourth-order valence-corrected chi connectivity index (χ4v) is 1.51. The van der Waals surface area contributed by atoms with Crippen LogP contribution in [0.1, 0.15) is 19.1 Å². The second-order valence-corrected chi connectivity index (χ2v) is 3.94. The van der Waals surface area contributed by atoms with E-state index in [2.05, 4.69) is 0 Å². The van der Waals surface area contributed by atoms with Gasteiger partial charge < -0.3 is 19.3 Å². The van der Waals surface area contributed by atoms with Gasteiger partial charge >= 0.3 is 12.0 Å². The van der Waals surface area contributed by atoms with Crippen LogP contribution in [0.15, 0.2) is 22.8 Å². The molecule has 100 valence electrons. The van der Waals surface area contributed by atoms with Crippen LogP contribution in [0.5, 0.6) is 0 Å². The Labute approximate surface area is 106 Å². The standard InChI is InChI=1S/C12H18N2O4/c1-3-14(9-10-5-4-8-18-10)12(17)13(2)7-6-11(15)16/h4-5,8H,3,6-7,9H2,1-2H3,(H,15,16). The van der Waals surface area contributed by atoms with E-state index < -0.39 is 5.97 Å². The lowest BCUT2D eigenvalue weighted by molar-refractivity contribution is -0.137. The van der Waals surface area contributed by atoms with Gasteiger partial charge in [0.15, 0.2) is 0 Å². The van der Waals surface area contributed by atoms with E-state index in [1.165, 1.54) is 4.90 Å². The lowest BCUT2D eigenvalue weighted by Gasteiger charge is -2.26. The average molecular weight is 254 g/mol. The van der Waals surface area contributed by atoms with Crippen LogP contribution in [0.25, 0.3) is 0 Å². The molecule has 0 aliphatic rings. The minimum atomic E-state index is -0.913. The van der Waals surface area contributed by atoms with E-state index in [4.69, 9.17) is 9.52 Å². The zero-order chi connectivity index (χ0) is 13.5. The van der Waals surface area contributed by atoms with Crippen LogP contribution >= 0.6 is 0 Å². The zero-order valence-electron chi connectivity index (χ0n) is 10.6. The third kappa shape index (κ3) is 4.12. The highest BCUT2D eigenvalue weighted by Gasteiger charge is 2.18. The Morgan fingerprint density at radius 2 is 2.17 bits per heavy atom. The summed E-state index contributed by atoms with van der Waals surface area (Å²) in [6.07, 6.45) is 1.50. The maximum absolute atomic E-state index is 12.0. The number of hydrogen-bond acceptors (Lipinski definition) is 3. The highest BCUT2D eigenvalue weighted by atomic mass is 16.4. The molecule has 1 aromatic rings. The number of carbonyl (C=O) groups is 2. The summed E-state index contributed by atoms with van der Waals surface area (Å²) in [5.74, 6) is -0.208. The van der Waals surface area contributed by atoms with Crippen molar-refractivity contribution in [3.05, 3.63) is 24.2 Å². The topological polar surface area (TPSA) is 74.0 Å². The van der Waals surface area contributed by atoms with Crippen LogP contribution < -0.4 is 0 Å². The Bertz CT molecular complexity index is 389. The summed E-state index contributed by atoms with van der Waals surface area (Å²) in [6.45, 7) is 2.99. The summed E-state index contributed by atoms with van der Waals surface area (Å²) in [6, 6.07) is 3.37. The molecule has 6 heteroatoms. The molecule has 1 rings (SSSR count). The van der Waals surface area contributed by atoms with E-state index in [0.717, 1.165) is 0 Å². The number of hydrogen-bond donors (Lipinski definition) is 1. The first kappa shape index (κ1) is 14.1. The Kier molecular flexibility index (Phi) is 5.23. The molecular formula is C12H18N2O4. The lowest BCUT2D eigenvalue weighted by atomic mass is 10.4. The summed E-state index contributed by atoms with van der Waals surface area (Å²) in [7, 11) is 1.59. The fourth-order valence-electron chi connectivity index (χ4n) is 1.51. The van der Waals surface area contributed by atoms with Crippen molar-refractivity contribution in [3.63, 3.8) is 0 Å². The predicted molar refractivity (Wildman–Crippen MR) is 65.1 cm³/mol.